The van der Waals surface area contributed by atoms with Gasteiger partial charge in [-0.05, 0) is 31.5 Å². The van der Waals surface area contributed by atoms with Crippen molar-refractivity contribution in [3.63, 3.8) is 0 Å². The topological polar surface area (TPSA) is 46.4 Å². The Kier molecular flexibility index (Phi) is 5.06. The van der Waals surface area contributed by atoms with Crippen molar-refractivity contribution in [3.05, 3.63) is 75.3 Å². The highest BCUT2D eigenvalue weighted by Crippen LogP contribution is 2.13. The van der Waals surface area contributed by atoms with Crippen LogP contribution >= 0.6 is 0 Å². The molecule has 0 amide bonds. The minimum atomic E-state index is -0.368. The van der Waals surface area contributed by atoms with Gasteiger partial charge in [0.25, 0.3) is 5.69 Å². The van der Waals surface area contributed by atoms with E-state index in [9.17, 15) is 10.1 Å². The van der Waals surface area contributed by atoms with Crippen molar-refractivity contribution >= 4 is 5.69 Å². The summed E-state index contributed by atoms with van der Waals surface area (Å²) in [5.74, 6) is 0. The Morgan fingerprint density at radius 3 is 2.14 bits per heavy atom. The van der Waals surface area contributed by atoms with E-state index >= 15 is 0 Å². The fraction of sp³-hybridized carbons (Fsp3) is 0.294. The molecule has 0 saturated heterocycles. The number of likely N-dealkylation sites (N-methyl/N-ethyl adjacent to an activating group) is 1. The minimum Gasteiger partial charge on any atom is -0.302 e. The molecule has 0 unspecified atom stereocenters. The monoisotopic (exact) mass is 284 g/mol. The third-order valence-electron chi connectivity index (χ3n) is 3.50. The van der Waals surface area contributed by atoms with Crippen LogP contribution < -0.4 is 0 Å². The lowest BCUT2D eigenvalue weighted by atomic mass is 10.1. The lowest BCUT2D eigenvalue weighted by Gasteiger charge is -2.16. The summed E-state index contributed by atoms with van der Waals surface area (Å²) in [6, 6.07) is 15.3. The Bertz CT molecular complexity index is 591. The van der Waals surface area contributed by atoms with E-state index in [1.165, 1.54) is 11.1 Å². The van der Waals surface area contributed by atoms with Crippen LogP contribution in [0.4, 0.5) is 5.69 Å². The third kappa shape index (κ3) is 4.68. The normalized spacial score (nSPS) is 10.8. The van der Waals surface area contributed by atoms with Crippen LogP contribution in [-0.2, 0) is 13.0 Å². The van der Waals surface area contributed by atoms with Gasteiger partial charge in [-0.3, -0.25) is 10.1 Å². The van der Waals surface area contributed by atoms with Crippen molar-refractivity contribution < 1.29 is 4.92 Å². The molecule has 0 spiro atoms. The van der Waals surface area contributed by atoms with E-state index in [-0.39, 0.29) is 10.6 Å². The third-order valence-corrected chi connectivity index (χ3v) is 3.50. The van der Waals surface area contributed by atoms with E-state index in [0.717, 1.165) is 25.1 Å². The van der Waals surface area contributed by atoms with Crippen LogP contribution in [0, 0.1) is 17.0 Å². The van der Waals surface area contributed by atoms with E-state index in [1.54, 1.807) is 12.1 Å². The molecule has 0 radical (unpaired) electrons. The van der Waals surface area contributed by atoms with Gasteiger partial charge in [0.2, 0.25) is 0 Å². The number of nitro benzene ring substituents is 1. The molecule has 21 heavy (non-hydrogen) atoms. The molecule has 4 heteroatoms. The molecule has 0 bridgehead atoms. The van der Waals surface area contributed by atoms with Crippen LogP contribution in [0.15, 0.2) is 48.5 Å². The van der Waals surface area contributed by atoms with Crippen molar-refractivity contribution in [2.24, 2.45) is 0 Å². The predicted octanol–water partition coefficient (Wildman–Crippen LogP) is 3.58. The molecule has 0 aliphatic carbocycles. The SMILES string of the molecule is Cc1ccc(CN(C)CCc2ccc([N+](=O)[O-])cc2)cc1. The van der Waals surface area contributed by atoms with Gasteiger partial charge < -0.3 is 4.90 Å². The van der Waals surface area contributed by atoms with Gasteiger partial charge in [-0.15, -0.1) is 0 Å². The number of aryl methyl sites for hydroxylation is 1. The second-order valence-corrected chi connectivity index (χ2v) is 5.40. The largest absolute Gasteiger partial charge is 0.302 e. The average Bonchev–Trinajstić information content (AvgIpc) is 2.48. The number of nitro groups is 1. The van der Waals surface area contributed by atoms with Crippen LogP contribution in [0.25, 0.3) is 0 Å². The highest BCUT2D eigenvalue weighted by molar-refractivity contribution is 5.33. The molecular formula is C17H20N2O2. The molecule has 4 nitrogen and oxygen atoms in total. The highest BCUT2D eigenvalue weighted by atomic mass is 16.6. The van der Waals surface area contributed by atoms with Crippen molar-refractivity contribution in [1.82, 2.24) is 4.90 Å². The smallest absolute Gasteiger partial charge is 0.269 e. The summed E-state index contributed by atoms with van der Waals surface area (Å²) in [7, 11) is 2.09. The van der Waals surface area contributed by atoms with Crippen molar-refractivity contribution in [1.29, 1.82) is 0 Å². The molecule has 0 aliphatic rings. The Morgan fingerprint density at radius 1 is 1.00 bits per heavy atom. The average molecular weight is 284 g/mol. The number of non-ortho nitro benzene ring substituents is 1. The van der Waals surface area contributed by atoms with E-state index in [1.807, 2.05) is 12.1 Å². The molecule has 2 rings (SSSR count). The van der Waals surface area contributed by atoms with Gasteiger partial charge in [0.1, 0.15) is 0 Å². The fourth-order valence-electron chi connectivity index (χ4n) is 2.19. The first-order valence-electron chi connectivity index (χ1n) is 7.02. The zero-order chi connectivity index (χ0) is 15.2. The number of hydrogen-bond acceptors (Lipinski definition) is 3. The van der Waals surface area contributed by atoms with Crippen molar-refractivity contribution in [2.45, 2.75) is 19.9 Å². The summed E-state index contributed by atoms with van der Waals surface area (Å²) < 4.78 is 0. The molecule has 0 fully saturated rings. The lowest BCUT2D eigenvalue weighted by molar-refractivity contribution is -0.384. The molecule has 0 atom stereocenters. The van der Waals surface area contributed by atoms with Gasteiger partial charge in [-0.25, -0.2) is 0 Å². The van der Waals surface area contributed by atoms with Gasteiger partial charge in [0, 0.05) is 25.2 Å². The summed E-state index contributed by atoms with van der Waals surface area (Å²) in [5, 5.41) is 10.6. The van der Waals surface area contributed by atoms with Crippen LogP contribution in [-0.4, -0.2) is 23.4 Å². The Labute approximate surface area is 125 Å². The zero-order valence-electron chi connectivity index (χ0n) is 12.5. The molecular weight excluding hydrogens is 264 g/mol. The first kappa shape index (κ1) is 15.2. The molecule has 2 aromatic rings. The summed E-state index contributed by atoms with van der Waals surface area (Å²) in [6.45, 7) is 3.92. The van der Waals surface area contributed by atoms with Crippen molar-refractivity contribution in [2.75, 3.05) is 13.6 Å². The minimum absolute atomic E-state index is 0.145. The van der Waals surface area contributed by atoms with E-state index in [2.05, 4.69) is 43.1 Å². The molecule has 0 aromatic heterocycles. The van der Waals surface area contributed by atoms with Crippen LogP contribution in [0.3, 0.4) is 0 Å². The zero-order valence-corrected chi connectivity index (χ0v) is 12.5. The van der Waals surface area contributed by atoms with Crippen LogP contribution in [0.2, 0.25) is 0 Å². The van der Waals surface area contributed by atoms with Gasteiger partial charge >= 0.3 is 0 Å². The lowest BCUT2D eigenvalue weighted by Crippen LogP contribution is -2.20. The molecule has 0 saturated carbocycles. The van der Waals surface area contributed by atoms with Gasteiger partial charge in [0.05, 0.1) is 4.92 Å². The van der Waals surface area contributed by atoms with Crippen molar-refractivity contribution in [3.8, 4) is 0 Å². The quantitative estimate of drug-likeness (QED) is 0.601. The first-order valence-corrected chi connectivity index (χ1v) is 7.02. The predicted molar refractivity (Wildman–Crippen MR) is 84.3 cm³/mol. The summed E-state index contributed by atoms with van der Waals surface area (Å²) in [5.41, 5.74) is 3.84. The van der Waals surface area contributed by atoms with E-state index in [4.69, 9.17) is 0 Å². The summed E-state index contributed by atoms with van der Waals surface area (Å²) >= 11 is 0. The maximum Gasteiger partial charge on any atom is 0.269 e. The van der Waals surface area contributed by atoms with Gasteiger partial charge in [-0.2, -0.15) is 0 Å². The Balaban J connectivity index is 1.84. The summed E-state index contributed by atoms with van der Waals surface area (Å²) in [4.78, 5) is 12.5. The van der Waals surface area contributed by atoms with Crippen LogP contribution in [0.1, 0.15) is 16.7 Å². The number of rotatable bonds is 6. The highest BCUT2D eigenvalue weighted by Gasteiger charge is 2.05. The second kappa shape index (κ2) is 6.99. The van der Waals surface area contributed by atoms with Gasteiger partial charge in [-0.1, -0.05) is 42.0 Å². The number of hydrogen-bond donors (Lipinski definition) is 0. The van der Waals surface area contributed by atoms with E-state index in [0.29, 0.717) is 0 Å². The first-order chi connectivity index (χ1) is 10.0. The number of nitrogens with zero attached hydrogens (tertiary/aromatic N) is 2. The molecule has 0 aliphatic heterocycles. The molecule has 110 valence electrons. The maximum atomic E-state index is 10.6. The van der Waals surface area contributed by atoms with Crippen LogP contribution in [0.5, 0.6) is 0 Å². The molecule has 2 aromatic carbocycles. The molecule has 0 N–H and O–H groups in total. The Hall–Kier alpha value is -2.20. The van der Waals surface area contributed by atoms with Gasteiger partial charge in [0.15, 0.2) is 0 Å². The molecule has 0 heterocycles. The number of benzene rings is 2. The van der Waals surface area contributed by atoms with E-state index < -0.39 is 0 Å². The standard InChI is InChI=1S/C17H20N2O2/c1-14-3-5-16(6-4-14)13-18(2)12-11-15-7-9-17(10-8-15)19(20)21/h3-10H,11-13H2,1-2H3. The Morgan fingerprint density at radius 2 is 1.57 bits per heavy atom. The summed E-state index contributed by atoms with van der Waals surface area (Å²) in [6.07, 6.45) is 0.889. The fourth-order valence-corrected chi connectivity index (χ4v) is 2.19. The second-order valence-electron chi connectivity index (χ2n) is 5.40. The maximum absolute atomic E-state index is 10.6.